The first kappa shape index (κ1) is 28.3. The molecule has 1 aromatic heterocycles. The quantitative estimate of drug-likeness (QED) is 0.177. The van der Waals surface area contributed by atoms with Crippen molar-refractivity contribution < 1.29 is 0 Å². The lowest BCUT2D eigenvalue weighted by Gasteiger charge is -2.27. The zero-order valence-corrected chi connectivity index (χ0v) is 27.1. The van der Waals surface area contributed by atoms with Gasteiger partial charge in [0.15, 0.2) is 0 Å². The second-order valence-electron chi connectivity index (χ2n) is 12.2. The van der Waals surface area contributed by atoms with Crippen molar-refractivity contribution in [1.29, 1.82) is 0 Å². The Hall–Kier alpha value is -5.96. The highest BCUT2D eigenvalue weighted by molar-refractivity contribution is 7.26. The lowest BCUT2D eigenvalue weighted by atomic mass is 10.00. The van der Waals surface area contributed by atoms with Crippen LogP contribution in [-0.4, -0.2) is 0 Å². The molecule has 0 spiro atoms. The number of hydrogen-bond donors (Lipinski definition) is 0. The first-order chi connectivity index (χ1) is 23.8. The van der Waals surface area contributed by atoms with Gasteiger partial charge in [-0.05, 0) is 81.2 Å². The van der Waals surface area contributed by atoms with E-state index in [1.54, 1.807) is 0 Å². The Morgan fingerprint density at radius 1 is 0.354 bits per heavy atom. The summed E-state index contributed by atoms with van der Waals surface area (Å²) >= 11 is 1.89. The van der Waals surface area contributed by atoms with Crippen LogP contribution in [0.3, 0.4) is 0 Å². The van der Waals surface area contributed by atoms with Crippen LogP contribution < -0.4 is 4.90 Å². The normalized spacial score (nSPS) is 11.3. The molecule has 9 aromatic rings. The third kappa shape index (κ3) is 5.04. The van der Waals surface area contributed by atoms with E-state index < -0.39 is 0 Å². The highest BCUT2D eigenvalue weighted by atomic mass is 32.1. The van der Waals surface area contributed by atoms with Gasteiger partial charge in [-0.15, -0.1) is 11.3 Å². The number of hydrogen-bond acceptors (Lipinski definition) is 2. The van der Waals surface area contributed by atoms with Gasteiger partial charge >= 0.3 is 0 Å². The summed E-state index contributed by atoms with van der Waals surface area (Å²) in [5, 5.41) is 5.11. The largest absolute Gasteiger partial charge is 0.310 e. The summed E-state index contributed by atoms with van der Waals surface area (Å²) < 4.78 is 2.62. The van der Waals surface area contributed by atoms with Gasteiger partial charge in [-0.1, -0.05) is 146 Å². The maximum Gasteiger partial charge on any atom is 0.0554 e. The summed E-state index contributed by atoms with van der Waals surface area (Å²) in [7, 11) is 0. The first-order valence-electron chi connectivity index (χ1n) is 16.3. The monoisotopic (exact) mass is 629 g/mol. The van der Waals surface area contributed by atoms with Gasteiger partial charge in [0.2, 0.25) is 0 Å². The molecular formula is C46H31NS. The molecule has 1 nitrogen and oxygen atoms in total. The number of thiophene rings is 1. The van der Waals surface area contributed by atoms with Crippen molar-refractivity contribution in [3.05, 3.63) is 188 Å². The number of nitrogens with zero attached hydrogens (tertiary/aromatic N) is 1. The van der Waals surface area contributed by atoms with Crippen LogP contribution in [0, 0.1) is 0 Å². The van der Waals surface area contributed by atoms with Crippen LogP contribution in [0.2, 0.25) is 0 Å². The standard InChI is InChI=1S/C46H31NS/c1-4-11-32(12-5-1)35-19-25-39(26-20-35)47(40-27-21-36(22-28-40)33-13-6-2-7-14-33)43-18-10-17-37-23-29-41-42-31-38(34-15-8-3-9-16-34)24-30-44(42)48-46(41)45(37)43/h1-31H. The van der Waals surface area contributed by atoms with Crippen LogP contribution in [0.5, 0.6) is 0 Å². The third-order valence-electron chi connectivity index (χ3n) is 9.27. The first-order valence-corrected chi connectivity index (χ1v) is 17.2. The van der Waals surface area contributed by atoms with Gasteiger partial charge in [-0.3, -0.25) is 0 Å². The SMILES string of the molecule is c1ccc(-c2ccc(N(c3ccc(-c4ccccc4)cc3)c3cccc4ccc5c6cc(-c7ccccc7)ccc6sc5c34)cc2)cc1. The fraction of sp³-hybridized carbons (Fsp3) is 0. The molecule has 0 unspecified atom stereocenters. The number of anilines is 3. The number of benzene rings is 8. The van der Waals surface area contributed by atoms with E-state index in [9.17, 15) is 0 Å². The molecule has 0 saturated heterocycles. The molecule has 0 amide bonds. The van der Waals surface area contributed by atoms with Crippen molar-refractivity contribution in [3.63, 3.8) is 0 Å². The van der Waals surface area contributed by atoms with E-state index in [1.165, 1.54) is 70.0 Å². The molecule has 0 aliphatic carbocycles. The highest BCUT2D eigenvalue weighted by Crippen LogP contribution is 2.46. The van der Waals surface area contributed by atoms with E-state index in [2.05, 4.69) is 193 Å². The molecule has 0 radical (unpaired) electrons. The molecule has 226 valence electrons. The van der Waals surface area contributed by atoms with Crippen molar-refractivity contribution in [2.24, 2.45) is 0 Å². The second kappa shape index (κ2) is 12.0. The Balaban J connectivity index is 1.24. The number of fused-ring (bicyclic) bond motifs is 5. The second-order valence-corrected chi connectivity index (χ2v) is 13.2. The van der Waals surface area contributed by atoms with Crippen LogP contribution in [0.4, 0.5) is 17.1 Å². The van der Waals surface area contributed by atoms with Gasteiger partial charge in [-0.2, -0.15) is 0 Å². The Morgan fingerprint density at radius 3 is 1.42 bits per heavy atom. The summed E-state index contributed by atoms with van der Waals surface area (Å²) in [6.07, 6.45) is 0. The molecular weight excluding hydrogens is 599 g/mol. The average Bonchev–Trinajstić information content (AvgIpc) is 3.55. The number of rotatable bonds is 6. The van der Waals surface area contributed by atoms with E-state index in [1.807, 2.05) is 11.3 Å². The van der Waals surface area contributed by atoms with E-state index in [-0.39, 0.29) is 0 Å². The fourth-order valence-electron chi connectivity index (χ4n) is 6.88. The molecule has 8 aromatic carbocycles. The molecule has 0 fully saturated rings. The lowest BCUT2D eigenvalue weighted by molar-refractivity contribution is 1.30. The van der Waals surface area contributed by atoms with Crippen molar-refractivity contribution in [1.82, 2.24) is 0 Å². The Labute approximate surface area is 284 Å². The Morgan fingerprint density at radius 2 is 0.854 bits per heavy atom. The summed E-state index contributed by atoms with van der Waals surface area (Å²) in [5.41, 5.74) is 10.8. The zero-order chi connectivity index (χ0) is 31.9. The molecule has 0 atom stereocenters. The molecule has 0 saturated carbocycles. The predicted molar refractivity (Wildman–Crippen MR) is 208 cm³/mol. The van der Waals surface area contributed by atoms with Gasteiger partial charge in [-0.25, -0.2) is 0 Å². The van der Waals surface area contributed by atoms with Gasteiger partial charge in [0.1, 0.15) is 0 Å². The highest BCUT2D eigenvalue weighted by Gasteiger charge is 2.19. The van der Waals surface area contributed by atoms with Crippen molar-refractivity contribution in [3.8, 4) is 33.4 Å². The lowest BCUT2D eigenvalue weighted by Crippen LogP contribution is -2.10. The smallest absolute Gasteiger partial charge is 0.0554 e. The van der Waals surface area contributed by atoms with E-state index in [0.717, 1.165) is 11.4 Å². The van der Waals surface area contributed by atoms with Crippen LogP contribution >= 0.6 is 11.3 Å². The van der Waals surface area contributed by atoms with Crippen LogP contribution in [0.25, 0.3) is 64.3 Å². The van der Waals surface area contributed by atoms with Gasteiger partial charge in [0, 0.05) is 36.9 Å². The molecule has 48 heavy (non-hydrogen) atoms. The maximum atomic E-state index is 2.42. The molecule has 0 bridgehead atoms. The summed E-state index contributed by atoms with van der Waals surface area (Å²) in [5.74, 6) is 0. The third-order valence-corrected chi connectivity index (χ3v) is 10.5. The van der Waals surface area contributed by atoms with Gasteiger partial charge in [0.25, 0.3) is 0 Å². The summed E-state index contributed by atoms with van der Waals surface area (Å²) in [4.78, 5) is 2.42. The van der Waals surface area contributed by atoms with E-state index >= 15 is 0 Å². The minimum absolute atomic E-state index is 1.12. The topological polar surface area (TPSA) is 3.24 Å². The molecule has 0 aliphatic rings. The zero-order valence-electron chi connectivity index (χ0n) is 26.3. The maximum absolute atomic E-state index is 2.42. The van der Waals surface area contributed by atoms with Crippen molar-refractivity contribution in [2.75, 3.05) is 4.90 Å². The summed E-state index contributed by atoms with van der Waals surface area (Å²) in [6.45, 7) is 0. The fourth-order valence-corrected chi connectivity index (χ4v) is 8.12. The van der Waals surface area contributed by atoms with Crippen LogP contribution in [-0.2, 0) is 0 Å². The molecule has 2 heteroatoms. The minimum Gasteiger partial charge on any atom is -0.310 e. The van der Waals surface area contributed by atoms with Crippen LogP contribution in [0.1, 0.15) is 0 Å². The Bertz CT molecular complexity index is 2430. The van der Waals surface area contributed by atoms with Crippen molar-refractivity contribution >= 4 is 59.3 Å². The molecule has 1 heterocycles. The molecule has 0 aliphatic heterocycles. The average molecular weight is 630 g/mol. The summed E-state index contributed by atoms with van der Waals surface area (Å²) in [6, 6.07) is 68.0. The Kier molecular flexibility index (Phi) is 7.07. The van der Waals surface area contributed by atoms with E-state index in [4.69, 9.17) is 0 Å². The molecule has 9 rings (SSSR count). The van der Waals surface area contributed by atoms with E-state index in [0.29, 0.717) is 0 Å². The van der Waals surface area contributed by atoms with Crippen LogP contribution in [0.15, 0.2) is 188 Å². The minimum atomic E-state index is 1.12. The molecule has 0 N–H and O–H groups in total. The van der Waals surface area contributed by atoms with Gasteiger partial charge < -0.3 is 4.90 Å². The van der Waals surface area contributed by atoms with Crippen molar-refractivity contribution in [2.45, 2.75) is 0 Å². The predicted octanol–water partition coefficient (Wildman–Crippen LogP) is 13.7. The van der Waals surface area contributed by atoms with Gasteiger partial charge in [0.05, 0.1) is 5.69 Å².